The molecule has 0 atom stereocenters. The molecule has 2 aromatic rings. The van der Waals surface area contributed by atoms with Crippen molar-refractivity contribution in [3.8, 4) is 12.3 Å². The van der Waals surface area contributed by atoms with Gasteiger partial charge in [0.05, 0.1) is 6.54 Å². The van der Waals surface area contributed by atoms with Gasteiger partial charge in [-0.1, -0.05) is 41.3 Å². The Balaban J connectivity index is 0.00000364. The van der Waals surface area contributed by atoms with Crippen molar-refractivity contribution in [1.29, 1.82) is 0 Å². The van der Waals surface area contributed by atoms with Gasteiger partial charge in [-0.05, 0) is 35.9 Å². The summed E-state index contributed by atoms with van der Waals surface area (Å²) in [5, 5.41) is 9.93. The first-order valence-corrected chi connectivity index (χ1v) is 8.52. The zero-order valence-electron chi connectivity index (χ0n) is 14.6. The second-order valence-electron chi connectivity index (χ2n) is 5.29. The van der Waals surface area contributed by atoms with Crippen LogP contribution in [0.1, 0.15) is 11.1 Å². The Morgan fingerprint density at radius 3 is 2.63 bits per heavy atom. The number of carbonyl (C=O) groups is 1. The molecule has 0 bridgehead atoms. The third kappa shape index (κ3) is 7.67. The van der Waals surface area contributed by atoms with Gasteiger partial charge in [-0.3, -0.25) is 9.79 Å². The minimum absolute atomic E-state index is 0. The molecule has 8 heteroatoms. The standard InChI is InChI=1S/C19H18Cl2N4O.HI/c1-3-13-5-4-6-16(9-13)25-18(26)12-24-19(22-2)23-11-14-7-8-15(20)10-17(14)21;/h1,4-10H,11-12H2,2H3,(H,25,26)(H2,22,23,24);1H. The summed E-state index contributed by atoms with van der Waals surface area (Å²) in [6.07, 6.45) is 5.35. The molecular formula is C19H19Cl2IN4O. The average molecular weight is 517 g/mol. The van der Waals surface area contributed by atoms with Crippen molar-refractivity contribution in [2.75, 3.05) is 18.9 Å². The van der Waals surface area contributed by atoms with Crippen molar-refractivity contribution in [3.05, 3.63) is 63.6 Å². The molecule has 0 aliphatic heterocycles. The number of carbonyl (C=O) groups excluding carboxylic acids is 1. The van der Waals surface area contributed by atoms with Crippen molar-refractivity contribution in [2.24, 2.45) is 4.99 Å². The molecule has 0 aromatic heterocycles. The molecule has 0 unspecified atom stereocenters. The summed E-state index contributed by atoms with van der Waals surface area (Å²) in [7, 11) is 1.62. The van der Waals surface area contributed by atoms with Crippen LogP contribution in [0.4, 0.5) is 5.69 Å². The predicted molar refractivity (Wildman–Crippen MR) is 123 cm³/mol. The molecule has 0 aliphatic carbocycles. The molecule has 2 rings (SSSR count). The Labute approximate surface area is 185 Å². The van der Waals surface area contributed by atoms with E-state index >= 15 is 0 Å². The molecule has 0 spiro atoms. The fourth-order valence-electron chi connectivity index (χ4n) is 2.12. The summed E-state index contributed by atoms with van der Waals surface area (Å²) >= 11 is 12.0. The van der Waals surface area contributed by atoms with Crippen LogP contribution in [0.25, 0.3) is 0 Å². The minimum Gasteiger partial charge on any atom is -0.352 e. The monoisotopic (exact) mass is 516 g/mol. The van der Waals surface area contributed by atoms with E-state index in [0.717, 1.165) is 5.56 Å². The van der Waals surface area contributed by atoms with Crippen molar-refractivity contribution in [1.82, 2.24) is 10.6 Å². The number of terminal acetylenes is 1. The van der Waals surface area contributed by atoms with E-state index in [4.69, 9.17) is 29.6 Å². The topological polar surface area (TPSA) is 65.5 Å². The van der Waals surface area contributed by atoms with Crippen LogP contribution in [0.15, 0.2) is 47.5 Å². The van der Waals surface area contributed by atoms with E-state index in [1.165, 1.54) is 0 Å². The van der Waals surface area contributed by atoms with Crippen molar-refractivity contribution in [3.63, 3.8) is 0 Å². The van der Waals surface area contributed by atoms with Gasteiger partial charge in [0.25, 0.3) is 0 Å². The summed E-state index contributed by atoms with van der Waals surface area (Å²) in [4.78, 5) is 16.1. The van der Waals surface area contributed by atoms with Crippen molar-refractivity contribution < 1.29 is 4.79 Å². The third-order valence-electron chi connectivity index (χ3n) is 3.41. The minimum atomic E-state index is -0.216. The highest BCUT2D eigenvalue weighted by Gasteiger charge is 2.06. The van der Waals surface area contributed by atoms with Crippen molar-refractivity contribution >= 4 is 64.7 Å². The molecular weight excluding hydrogens is 498 g/mol. The fourth-order valence-corrected chi connectivity index (χ4v) is 2.60. The number of hydrogen-bond donors (Lipinski definition) is 3. The first kappa shape index (κ1) is 23.1. The highest BCUT2D eigenvalue weighted by atomic mass is 127. The van der Waals surface area contributed by atoms with Crippen LogP contribution >= 0.6 is 47.2 Å². The summed E-state index contributed by atoms with van der Waals surface area (Å²) in [6, 6.07) is 12.3. The van der Waals surface area contributed by atoms with E-state index in [2.05, 4.69) is 26.9 Å². The van der Waals surface area contributed by atoms with Crippen molar-refractivity contribution in [2.45, 2.75) is 6.54 Å². The summed E-state index contributed by atoms with van der Waals surface area (Å²) in [5.41, 5.74) is 2.21. The van der Waals surface area contributed by atoms with E-state index in [1.54, 1.807) is 43.4 Å². The molecule has 0 saturated carbocycles. The van der Waals surface area contributed by atoms with Gasteiger partial charge in [0.2, 0.25) is 5.91 Å². The SMILES string of the molecule is C#Cc1cccc(NC(=O)CNC(=NC)NCc2ccc(Cl)cc2Cl)c1.I. The Morgan fingerprint density at radius 2 is 1.96 bits per heavy atom. The first-order chi connectivity index (χ1) is 12.5. The zero-order chi connectivity index (χ0) is 18.9. The third-order valence-corrected chi connectivity index (χ3v) is 4.00. The van der Waals surface area contributed by atoms with Crippen LogP contribution in [0.5, 0.6) is 0 Å². The smallest absolute Gasteiger partial charge is 0.243 e. The average Bonchev–Trinajstić information content (AvgIpc) is 2.63. The van der Waals surface area contributed by atoms with Crippen LogP contribution in [0.3, 0.4) is 0 Å². The molecule has 0 aliphatic rings. The number of anilines is 1. The summed E-state index contributed by atoms with van der Waals surface area (Å²) in [6.45, 7) is 0.496. The lowest BCUT2D eigenvalue weighted by Crippen LogP contribution is -2.41. The molecule has 142 valence electrons. The van der Waals surface area contributed by atoms with Gasteiger partial charge in [0, 0.05) is 34.9 Å². The van der Waals surface area contributed by atoms with E-state index in [9.17, 15) is 4.79 Å². The number of benzene rings is 2. The number of guanidine groups is 1. The van der Waals surface area contributed by atoms with E-state index < -0.39 is 0 Å². The number of amides is 1. The lowest BCUT2D eigenvalue weighted by atomic mass is 10.2. The number of hydrogen-bond acceptors (Lipinski definition) is 2. The normalized spacial score (nSPS) is 10.4. The van der Waals surface area contributed by atoms with Crippen LogP contribution in [0, 0.1) is 12.3 Å². The first-order valence-electron chi connectivity index (χ1n) is 7.77. The maximum Gasteiger partial charge on any atom is 0.243 e. The maximum atomic E-state index is 12.1. The molecule has 0 radical (unpaired) electrons. The van der Waals surface area contributed by atoms with Gasteiger partial charge >= 0.3 is 0 Å². The molecule has 2 aromatic carbocycles. The molecule has 0 fully saturated rings. The molecule has 1 amide bonds. The van der Waals surface area contributed by atoms with E-state index in [1.807, 2.05) is 6.07 Å². The molecule has 27 heavy (non-hydrogen) atoms. The number of nitrogens with one attached hydrogen (secondary N) is 3. The molecule has 0 saturated heterocycles. The molecule has 0 heterocycles. The summed E-state index contributed by atoms with van der Waals surface area (Å²) < 4.78 is 0. The Hall–Kier alpha value is -1.95. The Morgan fingerprint density at radius 1 is 1.19 bits per heavy atom. The lowest BCUT2D eigenvalue weighted by molar-refractivity contribution is -0.115. The quantitative estimate of drug-likeness (QED) is 0.244. The van der Waals surface area contributed by atoms with Gasteiger partial charge in [-0.15, -0.1) is 30.4 Å². The van der Waals surface area contributed by atoms with Crippen LogP contribution in [-0.4, -0.2) is 25.5 Å². The predicted octanol–water partition coefficient (Wildman–Crippen LogP) is 3.90. The number of aliphatic imine (C=N–C) groups is 1. The number of rotatable bonds is 5. The lowest BCUT2D eigenvalue weighted by Gasteiger charge is -2.13. The van der Waals surface area contributed by atoms with Gasteiger partial charge in [0.1, 0.15) is 0 Å². The van der Waals surface area contributed by atoms with Gasteiger partial charge < -0.3 is 16.0 Å². The number of nitrogens with zero attached hydrogens (tertiary/aromatic N) is 1. The van der Waals surface area contributed by atoms with E-state index in [0.29, 0.717) is 33.8 Å². The summed E-state index contributed by atoms with van der Waals surface area (Å²) in [5.74, 6) is 2.78. The van der Waals surface area contributed by atoms with Crippen LogP contribution < -0.4 is 16.0 Å². The highest BCUT2D eigenvalue weighted by molar-refractivity contribution is 14.0. The molecule has 5 nitrogen and oxygen atoms in total. The Bertz CT molecular complexity index is 865. The van der Waals surface area contributed by atoms with Crippen LogP contribution in [-0.2, 0) is 11.3 Å². The zero-order valence-corrected chi connectivity index (χ0v) is 18.4. The van der Waals surface area contributed by atoms with E-state index in [-0.39, 0.29) is 36.4 Å². The van der Waals surface area contributed by atoms with Crippen LogP contribution in [0.2, 0.25) is 10.0 Å². The second kappa shape index (κ2) is 11.7. The molecule has 3 N–H and O–H groups in total. The Kier molecular flexibility index (Phi) is 10.0. The number of halogens is 3. The van der Waals surface area contributed by atoms with Gasteiger partial charge in [0.15, 0.2) is 5.96 Å². The largest absolute Gasteiger partial charge is 0.352 e. The fraction of sp³-hybridized carbons (Fsp3) is 0.158. The van der Waals surface area contributed by atoms with Gasteiger partial charge in [-0.2, -0.15) is 0 Å². The maximum absolute atomic E-state index is 12.1. The highest BCUT2D eigenvalue weighted by Crippen LogP contribution is 2.20. The second-order valence-corrected chi connectivity index (χ2v) is 6.13. The van der Waals surface area contributed by atoms with Gasteiger partial charge in [-0.25, -0.2) is 0 Å².